The van der Waals surface area contributed by atoms with Crippen LogP contribution in [0.4, 0.5) is 0 Å². The molecular formula is C11H15N3O2. The number of hydrogen-bond donors (Lipinski definition) is 4. The number of aromatic hydroxyl groups is 1. The molecule has 0 aliphatic rings. The van der Waals surface area contributed by atoms with E-state index in [0.29, 0.717) is 6.54 Å². The number of hydrazine groups is 1. The van der Waals surface area contributed by atoms with Crippen LogP contribution in [-0.4, -0.2) is 34.1 Å². The standard InChI is InChI=1S/C11H15N3O2/c1-14(16)13-5-4-8-7-12-11-3-2-9(15)6-10(8)11/h2-3,6-7,12-13,15-16H,4-5H2,1H3. The minimum absolute atomic E-state index is 0.264. The van der Waals surface area contributed by atoms with Gasteiger partial charge in [-0.1, -0.05) is 0 Å². The molecule has 5 heteroatoms. The number of phenols is 1. The number of nitrogens with zero attached hydrogens (tertiary/aromatic N) is 1. The highest BCUT2D eigenvalue weighted by Crippen LogP contribution is 2.22. The molecule has 0 amide bonds. The second-order valence-electron chi connectivity index (χ2n) is 3.73. The van der Waals surface area contributed by atoms with E-state index < -0.39 is 0 Å². The molecule has 86 valence electrons. The molecule has 2 rings (SSSR count). The topological polar surface area (TPSA) is 71.5 Å². The minimum Gasteiger partial charge on any atom is -0.508 e. The fourth-order valence-corrected chi connectivity index (χ4v) is 1.73. The van der Waals surface area contributed by atoms with Crippen LogP contribution in [0.25, 0.3) is 10.9 Å². The Labute approximate surface area is 93.2 Å². The summed E-state index contributed by atoms with van der Waals surface area (Å²) in [5.74, 6) is 0.264. The third-order valence-electron chi connectivity index (χ3n) is 2.49. The Bertz CT molecular complexity index is 479. The molecule has 0 aliphatic heterocycles. The summed E-state index contributed by atoms with van der Waals surface area (Å²) in [6.45, 7) is 0.635. The summed E-state index contributed by atoms with van der Waals surface area (Å²) in [4.78, 5) is 3.14. The van der Waals surface area contributed by atoms with Crippen LogP contribution >= 0.6 is 0 Å². The van der Waals surface area contributed by atoms with Crippen molar-refractivity contribution in [2.45, 2.75) is 6.42 Å². The van der Waals surface area contributed by atoms with Gasteiger partial charge in [-0.3, -0.25) is 5.21 Å². The van der Waals surface area contributed by atoms with Crippen LogP contribution in [0.15, 0.2) is 24.4 Å². The van der Waals surface area contributed by atoms with Gasteiger partial charge in [0.05, 0.1) is 0 Å². The average Bonchev–Trinajstić information content (AvgIpc) is 2.60. The summed E-state index contributed by atoms with van der Waals surface area (Å²) in [5, 5.41) is 20.3. The number of hydroxylamine groups is 1. The predicted molar refractivity (Wildman–Crippen MR) is 61.2 cm³/mol. The van der Waals surface area contributed by atoms with E-state index in [2.05, 4.69) is 10.4 Å². The normalized spacial score (nSPS) is 11.4. The average molecular weight is 221 g/mol. The van der Waals surface area contributed by atoms with Crippen molar-refractivity contribution in [1.29, 1.82) is 0 Å². The molecule has 0 saturated heterocycles. The maximum Gasteiger partial charge on any atom is 0.116 e. The molecule has 1 aromatic heterocycles. The van der Waals surface area contributed by atoms with Crippen LogP contribution in [-0.2, 0) is 6.42 Å². The fourth-order valence-electron chi connectivity index (χ4n) is 1.73. The van der Waals surface area contributed by atoms with Gasteiger partial charge < -0.3 is 10.1 Å². The van der Waals surface area contributed by atoms with E-state index in [0.717, 1.165) is 28.1 Å². The molecular weight excluding hydrogens is 206 g/mol. The highest BCUT2D eigenvalue weighted by Gasteiger charge is 2.04. The fraction of sp³-hybridized carbons (Fsp3) is 0.273. The molecule has 0 saturated carbocycles. The van der Waals surface area contributed by atoms with Crippen molar-refractivity contribution in [3.8, 4) is 5.75 Å². The third kappa shape index (κ3) is 2.33. The largest absolute Gasteiger partial charge is 0.508 e. The van der Waals surface area contributed by atoms with Crippen molar-refractivity contribution < 1.29 is 10.3 Å². The van der Waals surface area contributed by atoms with Gasteiger partial charge >= 0.3 is 0 Å². The SMILES string of the molecule is CN(O)NCCc1c[nH]c2ccc(O)cc12. The lowest BCUT2D eigenvalue weighted by Crippen LogP contribution is -2.32. The maximum atomic E-state index is 9.41. The van der Waals surface area contributed by atoms with Gasteiger partial charge in [0.15, 0.2) is 0 Å². The van der Waals surface area contributed by atoms with E-state index in [-0.39, 0.29) is 5.75 Å². The quantitative estimate of drug-likeness (QED) is 0.586. The number of rotatable bonds is 4. The Hall–Kier alpha value is -1.56. The van der Waals surface area contributed by atoms with Gasteiger partial charge in [-0.2, -0.15) is 0 Å². The lowest BCUT2D eigenvalue weighted by atomic mass is 10.1. The molecule has 5 nitrogen and oxygen atoms in total. The number of phenolic OH excluding ortho intramolecular Hbond substituents is 1. The summed E-state index contributed by atoms with van der Waals surface area (Å²) >= 11 is 0. The predicted octanol–water partition coefficient (Wildman–Crippen LogP) is 1.24. The van der Waals surface area contributed by atoms with E-state index in [1.165, 1.54) is 7.05 Å². The minimum atomic E-state index is 0.264. The number of nitrogens with one attached hydrogen (secondary N) is 2. The number of aromatic nitrogens is 1. The molecule has 1 heterocycles. The number of fused-ring (bicyclic) bond motifs is 1. The first-order chi connectivity index (χ1) is 7.66. The lowest BCUT2D eigenvalue weighted by molar-refractivity contribution is -0.111. The van der Waals surface area contributed by atoms with Crippen molar-refractivity contribution in [2.24, 2.45) is 0 Å². The van der Waals surface area contributed by atoms with Gasteiger partial charge in [0, 0.05) is 30.7 Å². The molecule has 0 spiro atoms. The van der Waals surface area contributed by atoms with Gasteiger partial charge in [-0.15, -0.1) is 5.17 Å². The molecule has 0 bridgehead atoms. The third-order valence-corrected chi connectivity index (χ3v) is 2.49. The Morgan fingerprint density at radius 3 is 3.00 bits per heavy atom. The zero-order chi connectivity index (χ0) is 11.5. The van der Waals surface area contributed by atoms with Crippen LogP contribution in [0.1, 0.15) is 5.56 Å². The number of H-pyrrole nitrogens is 1. The van der Waals surface area contributed by atoms with E-state index in [9.17, 15) is 5.11 Å². The summed E-state index contributed by atoms with van der Waals surface area (Å²) in [6.07, 6.45) is 2.69. The molecule has 2 aromatic rings. The van der Waals surface area contributed by atoms with Crippen LogP contribution in [0.3, 0.4) is 0 Å². The highest BCUT2D eigenvalue weighted by atomic mass is 16.5. The smallest absolute Gasteiger partial charge is 0.116 e. The van der Waals surface area contributed by atoms with Gasteiger partial charge in [0.1, 0.15) is 5.75 Å². The number of benzene rings is 1. The summed E-state index contributed by atoms with van der Waals surface area (Å²) in [5.41, 5.74) is 4.89. The van der Waals surface area contributed by atoms with E-state index in [1.807, 2.05) is 12.3 Å². The summed E-state index contributed by atoms with van der Waals surface area (Å²) in [7, 11) is 1.53. The van der Waals surface area contributed by atoms with Crippen LogP contribution in [0.2, 0.25) is 0 Å². The van der Waals surface area contributed by atoms with Crippen molar-refractivity contribution in [1.82, 2.24) is 15.6 Å². The van der Waals surface area contributed by atoms with Crippen LogP contribution in [0, 0.1) is 0 Å². The van der Waals surface area contributed by atoms with E-state index in [4.69, 9.17) is 5.21 Å². The first-order valence-corrected chi connectivity index (χ1v) is 5.12. The highest BCUT2D eigenvalue weighted by molar-refractivity contribution is 5.84. The van der Waals surface area contributed by atoms with Crippen LogP contribution in [0.5, 0.6) is 5.75 Å². The second kappa shape index (κ2) is 4.52. The first kappa shape index (κ1) is 10.9. The molecule has 1 aromatic carbocycles. The zero-order valence-electron chi connectivity index (χ0n) is 9.07. The molecule has 0 fully saturated rings. The van der Waals surface area contributed by atoms with Gasteiger partial charge in [-0.25, -0.2) is 5.43 Å². The van der Waals surface area contributed by atoms with Crippen molar-refractivity contribution in [3.63, 3.8) is 0 Å². The monoisotopic (exact) mass is 221 g/mol. The Kier molecular flexibility index (Phi) is 3.09. The van der Waals surface area contributed by atoms with E-state index >= 15 is 0 Å². The first-order valence-electron chi connectivity index (χ1n) is 5.12. The molecule has 0 aliphatic carbocycles. The van der Waals surface area contributed by atoms with Gasteiger partial charge in [0.2, 0.25) is 0 Å². The summed E-state index contributed by atoms with van der Waals surface area (Å²) in [6, 6.07) is 5.24. The van der Waals surface area contributed by atoms with Gasteiger partial charge in [0.25, 0.3) is 0 Å². The Balaban J connectivity index is 2.15. The second-order valence-corrected chi connectivity index (χ2v) is 3.73. The molecule has 0 unspecified atom stereocenters. The Morgan fingerprint density at radius 1 is 1.44 bits per heavy atom. The van der Waals surface area contributed by atoms with Crippen molar-refractivity contribution in [2.75, 3.05) is 13.6 Å². The zero-order valence-corrected chi connectivity index (χ0v) is 9.07. The number of aromatic amines is 1. The molecule has 0 atom stereocenters. The van der Waals surface area contributed by atoms with Crippen molar-refractivity contribution in [3.05, 3.63) is 30.0 Å². The van der Waals surface area contributed by atoms with Crippen molar-refractivity contribution >= 4 is 10.9 Å². The molecule has 16 heavy (non-hydrogen) atoms. The maximum absolute atomic E-state index is 9.41. The lowest BCUT2D eigenvalue weighted by Gasteiger charge is -2.09. The van der Waals surface area contributed by atoms with Gasteiger partial charge in [-0.05, 0) is 30.2 Å². The number of hydrogen-bond acceptors (Lipinski definition) is 4. The van der Waals surface area contributed by atoms with E-state index in [1.54, 1.807) is 12.1 Å². The summed E-state index contributed by atoms with van der Waals surface area (Å²) < 4.78 is 0. The van der Waals surface area contributed by atoms with Crippen LogP contribution < -0.4 is 5.43 Å². The molecule has 0 radical (unpaired) electrons. The molecule has 4 N–H and O–H groups in total. The Morgan fingerprint density at radius 2 is 2.25 bits per heavy atom.